The Hall–Kier alpha value is -1.66. The first-order chi connectivity index (χ1) is 15.8. The molecule has 0 bridgehead atoms. The van der Waals surface area contributed by atoms with Crippen LogP contribution in [0.25, 0.3) is 22.3 Å². The molecule has 0 saturated heterocycles. The third kappa shape index (κ3) is 4.39. The maximum atomic E-state index is 2.41. The minimum Gasteiger partial charge on any atom is -1.00 e. The van der Waals surface area contributed by atoms with Crippen LogP contribution in [0, 0.1) is 11.8 Å². The SMILES string of the molecule is CCC(C1c2ccccc2-c2ccccc21)C(CC)C1c2ccccc2-c2ccccc21.[Cl-].[Cl-].[Zr+2]. The van der Waals surface area contributed by atoms with Crippen molar-refractivity contribution in [2.24, 2.45) is 11.8 Å². The molecule has 35 heavy (non-hydrogen) atoms. The second-order valence-electron chi connectivity index (χ2n) is 9.45. The Bertz CT molecular complexity index is 1110. The Balaban J connectivity index is 0.00000114. The maximum absolute atomic E-state index is 2.41. The molecule has 3 heteroatoms. The summed E-state index contributed by atoms with van der Waals surface area (Å²) in [5, 5.41) is 0. The van der Waals surface area contributed by atoms with Crippen molar-refractivity contribution < 1.29 is 51.0 Å². The van der Waals surface area contributed by atoms with Crippen LogP contribution in [-0.2, 0) is 26.2 Å². The van der Waals surface area contributed by atoms with Gasteiger partial charge in [0.25, 0.3) is 0 Å². The van der Waals surface area contributed by atoms with Gasteiger partial charge in [0.15, 0.2) is 0 Å². The fourth-order valence-corrected chi connectivity index (χ4v) is 6.88. The van der Waals surface area contributed by atoms with Gasteiger partial charge in [-0.3, -0.25) is 0 Å². The molecule has 4 aromatic rings. The van der Waals surface area contributed by atoms with E-state index in [4.69, 9.17) is 0 Å². The van der Waals surface area contributed by atoms with Crippen LogP contribution >= 0.6 is 0 Å². The van der Waals surface area contributed by atoms with E-state index in [2.05, 4.69) is 111 Å². The van der Waals surface area contributed by atoms with Crippen LogP contribution in [0.3, 0.4) is 0 Å². The predicted molar refractivity (Wildman–Crippen MR) is 135 cm³/mol. The van der Waals surface area contributed by atoms with Gasteiger partial charge >= 0.3 is 26.2 Å². The van der Waals surface area contributed by atoms with E-state index in [1.54, 1.807) is 0 Å². The molecule has 0 aromatic heterocycles. The van der Waals surface area contributed by atoms with Crippen molar-refractivity contribution in [2.45, 2.75) is 38.5 Å². The zero-order valence-electron chi connectivity index (χ0n) is 20.2. The number of benzene rings is 4. The predicted octanol–water partition coefficient (Wildman–Crippen LogP) is 2.67. The van der Waals surface area contributed by atoms with E-state index in [0.717, 1.165) is 0 Å². The molecule has 2 atom stereocenters. The normalized spacial score (nSPS) is 14.8. The molecule has 0 spiro atoms. The van der Waals surface area contributed by atoms with Crippen molar-refractivity contribution in [1.29, 1.82) is 0 Å². The molecule has 4 aromatic carbocycles. The maximum Gasteiger partial charge on any atom is 2.00 e. The van der Waals surface area contributed by atoms with Gasteiger partial charge in [0, 0.05) is 11.8 Å². The molecule has 0 aliphatic heterocycles. The molecule has 0 saturated carbocycles. The van der Waals surface area contributed by atoms with Gasteiger partial charge in [0.1, 0.15) is 0 Å². The molecule has 2 aliphatic rings. The van der Waals surface area contributed by atoms with E-state index in [1.165, 1.54) is 57.3 Å². The van der Waals surface area contributed by atoms with Crippen molar-refractivity contribution >= 4 is 0 Å². The first kappa shape index (κ1) is 27.9. The number of fused-ring (bicyclic) bond motifs is 6. The van der Waals surface area contributed by atoms with Crippen molar-refractivity contribution in [2.75, 3.05) is 0 Å². The molecule has 0 N–H and O–H groups in total. The van der Waals surface area contributed by atoms with Crippen molar-refractivity contribution in [3.05, 3.63) is 119 Å². The van der Waals surface area contributed by atoms with Crippen molar-refractivity contribution in [3.63, 3.8) is 0 Å². The van der Waals surface area contributed by atoms with E-state index in [1.807, 2.05) is 0 Å². The molecule has 0 fully saturated rings. The van der Waals surface area contributed by atoms with E-state index in [-0.39, 0.29) is 51.0 Å². The Morgan fingerprint density at radius 1 is 0.457 bits per heavy atom. The van der Waals surface area contributed by atoms with E-state index in [9.17, 15) is 0 Å². The molecule has 0 radical (unpaired) electrons. The molecular weight excluding hydrogens is 546 g/mol. The van der Waals surface area contributed by atoms with Gasteiger partial charge in [0.05, 0.1) is 0 Å². The van der Waals surface area contributed by atoms with Gasteiger partial charge in [-0.1, -0.05) is 124 Å². The summed E-state index contributed by atoms with van der Waals surface area (Å²) in [4.78, 5) is 0. The minimum atomic E-state index is 0. The molecular formula is C32H30Cl2Zr. The Labute approximate surface area is 241 Å². The second kappa shape index (κ2) is 11.6. The number of rotatable bonds is 5. The molecule has 2 aliphatic carbocycles. The van der Waals surface area contributed by atoms with Crippen molar-refractivity contribution in [3.8, 4) is 22.3 Å². The van der Waals surface area contributed by atoms with Gasteiger partial charge in [0.2, 0.25) is 0 Å². The van der Waals surface area contributed by atoms with Gasteiger partial charge in [-0.2, -0.15) is 0 Å². The standard InChI is InChI=1S/C32H30.2ClH.Zr/c1-3-21(31-27-17-9-5-13-23(27)24-14-6-10-18-28(24)31)22(4-2)32-29-19-11-7-15-25(29)26-16-8-12-20-30(26)32;;;/h5-22,31-32H,3-4H2,1-2H3;2*1H;/q;;;+2/p-2. The third-order valence-electron chi connectivity index (χ3n) is 8.11. The monoisotopic (exact) mass is 574 g/mol. The molecule has 2 unspecified atom stereocenters. The van der Waals surface area contributed by atoms with Crippen LogP contribution in [-0.4, -0.2) is 0 Å². The van der Waals surface area contributed by atoms with E-state index >= 15 is 0 Å². The van der Waals surface area contributed by atoms with Crippen molar-refractivity contribution in [1.82, 2.24) is 0 Å². The van der Waals surface area contributed by atoms with E-state index in [0.29, 0.717) is 23.7 Å². The molecule has 0 amide bonds. The number of halogens is 2. The van der Waals surface area contributed by atoms with Gasteiger partial charge in [-0.25, -0.2) is 0 Å². The topological polar surface area (TPSA) is 0 Å². The summed E-state index contributed by atoms with van der Waals surface area (Å²) in [6.45, 7) is 4.81. The number of hydrogen-bond donors (Lipinski definition) is 0. The van der Waals surface area contributed by atoms with Crippen LogP contribution in [0.15, 0.2) is 97.1 Å². The average molecular weight is 577 g/mol. The molecule has 176 valence electrons. The van der Waals surface area contributed by atoms with Gasteiger partial charge < -0.3 is 24.8 Å². The molecule has 0 nitrogen and oxygen atoms in total. The number of hydrogen-bond acceptors (Lipinski definition) is 0. The van der Waals surface area contributed by atoms with Crippen LogP contribution in [0.4, 0.5) is 0 Å². The minimum absolute atomic E-state index is 0. The average Bonchev–Trinajstić information content (AvgIpc) is 3.36. The van der Waals surface area contributed by atoms with Gasteiger partial charge in [-0.15, -0.1) is 0 Å². The van der Waals surface area contributed by atoms with E-state index < -0.39 is 0 Å². The fourth-order valence-electron chi connectivity index (χ4n) is 6.88. The summed E-state index contributed by atoms with van der Waals surface area (Å²) in [7, 11) is 0. The quantitative estimate of drug-likeness (QED) is 0.343. The smallest absolute Gasteiger partial charge is 1.00 e. The summed E-state index contributed by atoms with van der Waals surface area (Å²) in [6, 6.07) is 36.5. The summed E-state index contributed by atoms with van der Waals surface area (Å²) < 4.78 is 0. The van der Waals surface area contributed by atoms with Gasteiger partial charge in [-0.05, 0) is 56.3 Å². The van der Waals surface area contributed by atoms with Crippen LogP contribution in [0.1, 0.15) is 60.8 Å². The second-order valence-corrected chi connectivity index (χ2v) is 9.45. The summed E-state index contributed by atoms with van der Waals surface area (Å²) in [5.74, 6) is 2.12. The molecule has 0 heterocycles. The van der Waals surface area contributed by atoms with Crippen LogP contribution in [0.5, 0.6) is 0 Å². The molecule has 6 rings (SSSR count). The largest absolute Gasteiger partial charge is 2.00 e. The summed E-state index contributed by atoms with van der Waals surface area (Å²) in [5.41, 5.74) is 11.9. The first-order valence-electron chi connectivity index (χ1n) is 12.2. The zero-order chi connectivity index (χ0) is 21.7. The zero-order valence-corrected chi connectivity index (χ0v) is 24.2. The summed E-state index contributed by atoms with van der Waals surface area (Å²) in [6.07, 6.45) is 2.37. The van der Waals surface area contributed by atoms with Crippen LogP contribution < -0.4 is 24.8 Å². The Morgan fingerprint density at radius 2 is 0.686 bits per heavy atom. The first-order valence-corrected chi connectivity index (χ1v) is 12.2. The Kier molecular flexibility index (Phi) is 9.25. The Morgan fingerprint density at radius 3 is 0.914 bits per heavy atom. The van der Waals surface area contributed by atoms with Crippen LogP contribution in [0.2, 0.25) is 0 Å². The fraction of sp³-hybridized carbons (Fsp3) is 0.250. The summed E-state index contributed by atoms with van der Waals surface area (Å²) >= 11 is 0. The third-order valence-corrected chi connectivity index (χ3v) is 8.11.